The van der Waals surface area contributed by atoms with Gasteiger partial charge in [-0.05, 0) is 24.6 Å². The van der Waals surface area contributed by atoms with Crippen molar-refractivity contribution in [3.8, 4) is 0 Å². The zero-order valence-corrected chi connectivity index (χ0v) is 13.1. The Labute approximate surface area is 130 Å². The molecule has 1 saturated carbocycles. The summed E-state index contributed by atoms with van der Waals surface area (Å²) in [6, 6.07) is 15.9. The first-order chi connectivity index (χ1) is 10.4. The Morgan fingerprint density at radius 2 is 1.68 bits per heavy atom. The predicted molar refractivity (Wildman–Crippen MR) is 85.3 cm³/mol. The summed E-state index contributed by atoms with van der Waals surface area (Å²) in [7, 11) is -3.58. The quantitative estimate of drug-likeness (QED) is 0.898. The Bertz CT molecular complexity index is 771. The maximum atomic E-state index is 12.8. The standard InChI is InChI=1S/C17H19NO3S/c1-12-7-9-13(10-8-12)15-16(17(15,18)11-19)22(20,21)14-5-3-2-4-6-14/h2-10,15-16,19H,11,18H2,1H3/t15-,16-,17+/m0/s1. The average molecular weight is 317 g/mol. The minimum Gasteiger partial charge on any atom is -0.394 e. The van der Waals surface area contributed by atoms with Gasteiger partial charge in [0.25, 0.3) is 0 Å². The molecule has 2 aromatic rings. The molecule has 0 spiro atoms. The highest BCUT2D eigenvalue weighted by Crippen LogP contribution is 2.55. The molecular formula is C17H19NO3S. The summed E-state index contributed by atoms with van der Waals surface area (Å²) in [5, 5.41) is 8.85. The van der Waals surface area contributed by atoms with E-state index >= 15 is 0 Å². The fraction of sp³-hybridized carbons (Fsp3) is 0.294. The van der Waals surface area contributed by atoms with Gasteiger partial charge in [-0.2, -0.15) is 0 Å². The first-order valence-electron chi connectivity index (χ1n) is 7.16. The van der Waals surface area contributed by atoms with Gasteiger partial charge in [-0.3, -0.25) is 0 Å². The van der Waals surface area contributed by atoms with Gasteiger partial charge in [-0.25, -0.2) is 8.42 Å². The molecule has 1 fully saturated rings. The zero-order valence-electron chi connectivity index (χ0n) is 12.3. The van der Waals surface area contributed by atoms with E-state index in [1.165, 1.54) is 0 Å². The second-order valence-electron chi connectivity index (χ2n) is 5.94. The molecule has 3 rings (SSSR count). The molecule has 2 aromatic carbocycles. The van der Waals surface area contributed by atoms with E-state index in [1.807, 2.05) is 31.2 Å². The fourth-order valence-corrected chi connectivity index (χ4v) is 5.41. The molecule has 3 N–H and O–H groups in total. The lowest BCUT2D eigenvalue weighted by molar-refractivity contribution is 0.253. The Balaban J connectivity index is 2.02. The maximum absolute atomic E-state index is 12.8. The second-order valence-corrected chi connectivity index (χ2v) is 8.01. The summed E-state index contributed by atoms with van der Waals surface area (Å²) in [4.78, 5) is 0.248. The van der Waals surface area contributed by atoms with Crippen LogP contribution in [0.4, 0.5) is 0 Å². The number of rotatable bonds is 4. The Kier molecular flexibility index (Phi) is 3.59. The molecule has 0 radical (unpaired) electrons. The summed E-state index contributed by atoms with van der Waals surface area (Å²) in [6.07, 6.45) is 0. The minimum absolute atomic E-state index is 0.248. The van der Waals surface area contributed by atoms with Crippen LogP contribution in [0.2, 0.25) is 0 Å². The van der Waals surface area contributed by atoms with Gasteiger partial charge in [0.2, 0.25) is 0 Å². The van der Waals surface area contributed by atoms with Gasteiger partial charge < -0.3 is 10.8 Å². The maximum Gasteiger partial charge on any atom is 0.183 e. The first kappa shape index (κ1) is 15.2. The van der Waals surface area contributed by atoms with Crippen molar-refractivity contribution in [2.45, 2.75) is 28.5 Å². The van der Waals surface area contributed by atoms with Gasteiger partial charge in [0.05, 0.1) is 22.3 Å². The molecule has 0 bridgehead atoms. The molecule has 4 nitrogen and oxygen atoms in total. The monoisotopic (exact) mass is 317 g/mol. The molecule has 0 aliphatic heterocycles. The lowest BCUT2D eigenvalue weighted by Crippen LogP contribution is -2.35. The number of benzene rings is 2. The van der Waals surface area contributed by atoms with E-state index in [4.69, 9.17) is 5.73 Å². The van der Waals surface area contributed by atoms with E-state index in [-0.39, 0.29) is 17.4 Å². The number of hydrogen-bond donors (Lipinski definition) is 2. The van der Waals surface area contributed by atoms with Gasteiger partial charge in [0.1, 0.15) is 0 Å². The van der Waals surface area contributed by atoms with Gasteiger partial charge in [0.15, 0.2) is 9.84 Å². The molecule has 116 valence electrons. The van der Waals surface area contributed by atoms with Crippen molar-refractivity contribution in [1.82, 2.24) is 0 Å². The summed E-state index contributed by atoms with van der Waals surface area (Å²) in [5.74, 6) is -0.386. The van der Waals surface area contributed by atoms with Crippen LogP contribution in [0.3, 0.4) is 0 Å². The van der Waals surface area contributed by atoms with Crippen molar-refractivity contribution in [3.05, 3.63) is 65.7 Å². The van der Waals surface area contributed by atoms with Crippen LogP contribution >= 0.6 is 0 Å². The van der Waals surface area contributed by atoms with Gasteiger partial charge in [-0.15, -0.1) is 0 Å². The summed E-state index contributed by atoms with van der Waals surface area (Å²) in [5.41, 5.74) is 7.03. The molecule has 0 unspecified atom stereocenters. The Morgan fingerprint density at radius 3 is 2.23 bits per heavy atom. The lowest BCUT2D eigenvalue weighted by Gasteiger charge is -2.08. The molecule has 1 aliphatic carbocycles. The smallest absolute Gasteiger partial charge is 0.183 e. The first-order valence-corrected chi connectivity index (χ1v) is 8.71. The van der Waals surface area contributed by atoms with E-state index in [9.17, 15) is 13.5 Å². The van der Waals surface area contributed by atoms with Crippen molar-refractivity contribution in [2.24, 2.45) is 5.73 Å². The van der Waals surface area contributed by atoms with E-state index in [1.54, 1.807) is 30.3 Å². The van der Waals surface area contributed by atoms with Crippen LogP contribution < -0.4 is 5.73 Å². The van der Waals surface area contributed by atoms with E-state index in [0.717, 1.165) is 11.1 Å². The Morgan fingerprint density at radius 1 is 1.09 bits per heavy atom. The van der Waals surface area contributed by atoms with E-state index in [2.05, 4.69) is 0 Å². The third-order valence-electron chi connectivity index (χ3n) is 4.42. The van der Waals surface area contributed by atoms with Crippen molar-refractivity contribution in [2.75, 3.05) is 6.61 Å². The largest absolute Gasteiger partial charge is 0.394 e. The van der Waals surface area contributed by atoms with Crippen LogP contribution in [0.25, 0.3) is 0 Å². The minimum atomic E-state index is -3.58. The third kappa shape index (κ3) is 2.26. The van der Waals surface area contributed by atoms with E-state index < -0.39 is 20.6 Å². The van der Waals surface area contributed by atoms with Crippen molar-refractivity contribution < 1.29 is 13.5 Å². The zero-order chi connectivity index (χ0) is 16.0. The molecule has 0 saturated heterocycles. The lowest BCUT2D eigenvalue weighted by atomic mass is 10.1. The molecular weight excluding hydrogens is 298 g/mol. The number of aliphatic hydroxyl groups excluding tert-OH is 1. The average Bonchev–Trinajstić information content (AvgIpc) is 3.17. The van der Waals surface area contributed by atoms with Crippen molar-refractivity contribution >= 4 is 9.84 Å². The molecule has 0 amide bonds. The van der Waals surface area contributed by atoms with Gasteiger partial charge >= 0.3 is 0 Å². The summed E-state index contributed by atoms with van der Waals surface area (Å²) in [6.45, 7) is 1.61. The molecule has 22 heavy (non-hydrogen) atoms. The van der Waals surface area contributed by atoms with Crippen LogP contribution in [0.1, 0.15) is 17.0 Å². The highest BCUT2D eigenvalue weighted by Gasteiger charge is 2.68. The molecule has 0 heterocycles. The normalized spacial score (nSPS) is 27.6. The molecule has 3 atom stereocenters. The number of hydrogen-bond acceptors (Lipinski definition) is 4. The van der Waals surface area contributed by atoms with Crippen LogP contribution in [-0.2, 0) is 9.84 Å². The number of aryl methyl sites for hydroxylation is 1. The SMILES string of the molecule is Cc1ccc([C@H]2[C@H](S(=O)(=O)c3ccccc3)[C@@]2(N)CO)cc1. The Hall–Kier alpha value is -1.69. The second kappa shape index (κ2) is 5.19. The number of sulfone groups is 1. The molecule has 0 aromatic heterocycles. The molecule has 1 aliphatic rings. The van der Waals surface area contributed by atoms with Crippen LogP contribution in [-0.4, -0.2) is 30.9 Å². The number of aliphatic hydroxyl groups is 1. The van der Waals surface area contributed by atoms with Crippen molar-refractivity contribution in [3.63, 3.8) is 0 Å². The van der Waals surface area contributed by atoms with Gasteiger partial charge in [-0.1, -0.05) is 48.0 Å². The van der Waals surface area contributed by atoms with Gasteiger partial charge in [0, 0.05) is 5.92 Å². The summed E-state index contributed by atoms with van der Waals surface area (Å²) >= 11 is 0. The van der Waals surface area contributed by atoms with Crippen LogP contribution in [0.5, 0.6) is 0 Å². The highest BCUT2D eigenvalue weighted by atomic mass is 32.2. The van der Waals surface area contributed by atoms with Crippen LogP contribution in [0.15, 0.2) is 59.5 Å². The topological polar surface area (TPSA) is 80.4 Å². The van der Waals surface area contributed by atoms with E-state index in [0.29, 0.717) is 0 Å². The number of nitrogens with two attached hydrogens (primary N) is 1. The predicted octanol–water partition coefficient (Wildman–Crippen LogP) is 1.62. The van der Waals surface area contributed by atoms with Crippen LogP contribution in [0, 0.1) is 6.92 Å². The van der Waals surface area contributed by atoms with Crippen molar-refractivity contribution in [1.29, 1.82) is 0 Å². The molecule has 5 heteroatoms. The fourth-order valence-electron chi connectivity index (χ4n) is 3.09. The third-order valence-corrected chi connectivity index (χ3v) is 6.73. The summed E-state index contributed by atoms with van der Waals surface area (Å²) < 4.78 is 25.7. The highest BCUT2D eigenvalue weighted by molar-refractivity contribution is 7.92.